The molecule has 4 rings (SSSR count). The Kier molecular flexibility index (Phi) is 12.8. The van der Waals surface area contributed by atoms with Crippen molar-refractivity contribution in [2.45, 2.75) is 74.7 Å². The van der Waals surface area contributed by atoms with Crippen molar-refractivity contribution >= 4 is 0 Å². The number of benzene rings is 4. The number of methoxy groups -OCH3 is 4. The molecule has 0 aliphatic rings. The summed E-state index contributed by atoms with van der Waals surface area (Å²) < 4.78 is 21.1. The first kappa shape index (κ1) is 36.9. The van der Waals surface area contributed by atoms with E-state index in [0.29, 0.717) is 17.4 Å². The molecule has 2 N–H and O–H groups in total. The van der Waals surface area contributed by atoms with E-state index in [1.54, 1.807) is 26.4 Å². The van der Waals surface area contributed by atoms with Crippen LogP contribution in [0.2, 0.25) is 0 Å². The standard InChI is InChI=1S/C20H26O2.C18H22O4.CH4/c1-12-10-19(21-6)14(3)8-17(12)16(5)18-9-15(4)20(22-7)11-13(18)2;1-10-6-17(21-4)15(19)8-13(10)12(3)14-9-16(20)18(22-5)7-11(14)2;/h8-11,16H,1-7H3;6-9,12,19-20H,1-5H3;1H4. The Balaban J connectivity index is 0.000000307. The molecule has 0 unspecified atom stereocenters. The van der Waals surface area contributed by atoms with Gasteiger partial charge in [0.25, 0.3) is 0 Å². The van der Waals surface area contributed by atoms with Gasteiger partial charge in [0.15, 0.2) is 23.0 Å². The summed E-state index contributed by atoms with van der Waals surface area (Å²) in [6.45, 7) is 16.8. The topological polar surface area (TPSA) is 77.4 Å². The van der Waals surface area contributed by atoms with Crippen LogP contribution in [0.1, 0.15) is 88.7 Å². The molecule has 4 aromatic rings. The zero-order valence-electron chi connectivity index (χ0n) is 28.3. The van der Waals surface area contributed by atoms with Gasteiger partial charge in [0.05, 0.1) is 28.4 Å². The van der Waals surface area contributed by atoms with Gasteiger partial charge in [-0.15, -0.1) is 0 Å². The fourth-order valence-corrected chi connectivity index (χ4v) is 5.96. The molecule has 0 atom stereocenters. The van der Waals surface area contributed by atoms with Crippen LogP contribution >= 0.6 is 0 Å². The maximum absolute atomic E-state index is 10.0. The lowest BCUT2D eigenvalue weighted by molar-refractivity contribution is 0.372. The van der Waals surface area contributed by atoms with Gasteiger partial charge >= 0.3 is 0 Å². The Morgan fingerprint density at radius 3 is 0.911 bits per heavy atom. The molecule has 45 heavy (non-hydrogen) atoms. The zero-order chi connectivity index (χ0) is 32.9. The third-order valence-electron chi connectivity index (χ3n) is 8.57. The average molecular weight is 617 g/mol. The van der Waals surface area contributed by atoms with Crippen LogP contribution in [0.15, 0.2) is 48.5 Å². The number of phenols is 2. The number of aryl methyl sites for hydroxylation is 6. The maximum Gasteiger partial charge on any atom is 0.160 e. The lowest BCUT2D eigenvalue weighted by Gasteiger charge is -2.21. The van der Waals surface area contributed by atoms with E-state index >= 15 is 0 Å². The summed E-state index contributed by atoms with van der Waals surface area (Å²) in [7, 11) is 6.51. The second-order valence-electron chi connectivity index (χ2n) is 11.6. The third-order valence-corrected chi connectivity index (χ3v) is 8.57. The summed E-state index contributed by atoms with van der Waals surface area (Å²) in [5.74, 6) is 3.43. The monoisotopic (exact) mass is 616 g/mol. The molecule has 0 fully saturated rings. The van der Waals surface area contributed by atoms with E-state index < -0.39 is 0 Å². The average Bonchev–Trinajstić information content (AvgIpc) is 3.00. The molecule has 0 saturated heterocycles. The molecular formula is C39H52O6. The van der Waals surface area contributed by atoms with Crippen molar-refractivity contribution in [2.75, 3.05) is 28.4 Å². The molecule has 6 heteroatoms. The molecule has 0 amide bonds. The van der Waals surface area contributed by atoms with Crippen LogP contribution in [0.25, 0.3) is 0 Å². The summed E-state index contributed by atoms with van der Waals surface area (Å²) in [5, 5.41) is 20.0. The number of hydrogen-bond acceptors (Lipinski definition) is 6. The lowest BCUT2D eigenvalue weighted by Crippen LogP contribution is -2.04. The van der Waals surface area contributed by atoms with E-state index in [1.807, 2.05) is 32.9 Å². The highest BCUT2D eigenvalue weighted by atomic mass is 16.5. The van der Waals surface area contributed by atoms with Gasteiger partial charge in [-0.1, -0.05) is 33.4 Å². The van der Waals surface area contributed by atoms with E-state index in [0.717, 1.165) is 33.8 Å². The van der Waals surface area contributed by atoms with E-state index in [4.69, 9.17) is 18.9 Å². The van der Waals surface area contributed by atoms with Gasteiger partial charge in [-0.25, -0.2) is 0 Å². The maximum atomic E-state index is 10.0. The van der Waals surface area contributed by atoms with Crippen LogP contribution in [0.3, 0.4) is 0 Å². The first-order valence-corrected chi connectivity index (χ1v) is 14.8. The molecule has 0 aromatic heterocycles. The van der Waals surface area contributed by atoms with Crippen molar-refractivity contribution in [1.82, 2.24) is 0 Å². The van der Waals surface area contributed by atoms with Gasteiger partial charge in [-0.2, -0.15) is 0 Å². The van der Waals surface area contributed by atoms with Gasteiger partial charge in [0.1, 0.15) is 11.5 Å². The highest BCUT2D eigenvalue weighted by Crippen LogP contribution is 2.39. The van der Waals surface area contributed by atoms with E-state index in [1.165, 1.54) is 47.6 Å². The Bertz CT molecular complexity index is 1380. The molecule has 0 bridgehead atoms. The highest BCUT2D eigenvalue weighted by Gasteiger charge is 2.19. The largest absolute Gasteiger partial charge is 0.504 e. The third kappa shape index (κ3) is 8.05. The van der Waals surface area contributed by atoms with Gasteiger partial charge in [0, 0.05) is 11.8 Å². The second-order valence-corrected chi connectivity index (χ2v) is 11.6. The predicted octanol–water partition coefficient (Wildman–Crippen LogP) is 9.61. The van der Waals surface area contributed by atoms with Crippen LogP contribution in [0, 0.1) is 41.5 Å². The minimum Gasteiger partial charge on any atom is -0.504 e. The Labute approximate surface area is 270 Å². The molecule has 4 aromatic carbocycles. The van der Waals surface area contributed by atoms with E-state index in [2.05, 4.69) is 58.9 Å². The molecule has 0 aliphatic heterocycles. The normalized spacial score (nSPS) is 10.6. The summed E-state index contributed by atoms with van der Waals surface area (Å²) >= 11 is 0. The minimum atomic E-state index is 0. The van der Waals surface area contributed by atoms with Crippen LogP contribution < -0.4 is 18.9 Å². The first-order valence-electron chi connectivity index (χ1n) is 14.8. The summed E-state index contributed by atoms with van der Waals surface area (Å²) in [6.07, 6.45) is 0. The summed E-state index contributed by atoms with van der Waals surface area (Å²) in [4.78, 5) is 0. The zero-order valence-corrected chi connectivity index (χ0v) is 28.3. The van der Waals surface area contributed by atoms with Gasteiger partial charge in [-0.05, 0) is 134 Å². The number of ether oxygens (including phenoxy) is 4. The quantitative estimate of drug-likeness (QED) is 0.205. The lowest BCUT2D eigenvalue weighted by atomic mass is 9.85. The fourth-order valence-electron chi connectivity index (χ4n) is 5.96. The van der Waals surface area contributed by atoms with Crippen LogP contribution in [-0.2, 0) is 0 Å². The van der Waals surface area contributed by atoms with Crippen LogP contribution in [0.4, 0.5) is 0 Å². The van der Waals surface area contributed by atoms with Crippen molar-refractivity contribution < 1.29 is 29.2 Å². The van der Waals surface area contributed by atoms with Gasteiger partial charge in [0.2, 0.25) is 0 Å². The first-order chi connectivity index (χ1) is 20.8. The van der Waals surface area contributed by atoms with Crippen molar-refractivity contribution in [3.8, 4) is 34.5 Å². The minimum absolute atomic E-state index is 0. The van der Waals surface area contributed by atoms with Crippen molar-refractivity contribution in [2.24, 2.45) is 0 Å². The van der Waals surface area contributed by atoms with E-state index in [9.17, 15) is 10.2 Å². The Hall–Kier alpha value is -4.32. The molecule has 0 aliphatic carbocycles. The Morgan fingerprint density at radius 2 is 0.644 bits per heavy atom. The number of phenolic OH excluding ortho intramolecular Hbond substituents is 2. The van der Waals surface area contributed by atoms with Crippen LogP contribution in [-0.4, -0.2) is 38.7 Å². The molecular weight excluding hydrogens is 564 g/mol. The van der Waals surface area contributed by atoms with Gasteiger partial charge < -0.3 is 29.2 Å². The van der Waals surface area contributed by atoms with Crippen molar-refractivity contribution in [3.05, 3.63) is 104 Å². The number of rotatable bonds is 8. The molecule has 0 heterocycles. The number of hydrogen-bond donors (Lipinski definition) is 2. The molecule has 0 radical (unpaired) electrons. The van der Waals surface area contributed by atoms with Crippen molar-refractivity contribution in [1.29, 1.82) is 0 Å². The molecule has 244 valence electrons. The highest BCUT2D eigenvalue weighted by molar-refractivity contribution is 5.54. The fraction of sp³-hybridized carbons (Fsp3) is 0.385. The van der Waals surface area contributed by atoms with Crippen LogP contribution in [0.5, 0.6) is 34.5 Å². The van der Waals surface area contributed by atoms with E-state index in [-0.39, 0.29) is 24.8 Å². The number of aromatic hydroxyl groups is 2. The second kappa shape index (κ2) is 15.6. The molecule has 0 spiro atoms. The summed E-state index contributed by atoms with van der Waals surface area (Å²) in [6, 6.07) is 15.8. The van der Waals surface area contributed by atoms with Gasteiger partial charge in [-0.3, -0.25) is 0 Å². The Morgan fingerprint density at radius 1 is 0.400 bits per heavy atom. The van der Waals surface area contributed by atoms with Crippen molar-refractivity contribution in [3.63, 3.8) is 0 Å². The summed E-state index contributed by atoms with van der Waals surface area (Å²) in [5.41, 5.74) is 11.6. The predicted molar refractivity (Wildman–Crippen MR) is 185 cm³/mol. The molecule has 6 nitrogen and oxygen atoms in total. The molecule has 0 saturated carbocycles. The SMILES string of the molecule is C.COc1cc(C)c(C(C)c2cc(C)c(OC)cc2C)cc1C.COc1cc(C)c(C(C)c2cc(O)c(OC)cc2C)cc1O. The smallest absolute Gasteiger partial charge is 0.160 e.